The Bertz CT molecular complexity index is 736. The quantitative estimate of drug-likeness (QED) is 0.641. The van der Waals surface area contributed by atoms with Crippen molar-refractivity contribution in [2.24, 2.45) is 0 Å². The van der Waals surface area contributed by atoms with Crippen LogP contribution in [0.25, 0.3) is 0 Å². The highest BCUT2D eigenvalue weighted by atomic mass is 35.5. The molecule has 1 aliphatic rings. The summed E-state index contributed by atoms with van der Waals surface area (Å²) < 4.78 is 35.7. The van der Waals surface area contributed by atoms with Crippen LogP contribution in [0.4, 0.5) is 0 Å². The number of halogens is 1. The van der Waals surface area contributed by atoms with E-state index < -0.39 is 9.84 Å². The number of ether oxygens (including phenoxy) is 2. The van der Waals surface area contributed by atoms with Crippen molar-refractivity contribution in [2.45, 2.75) is 43.5 Å². The summed E-state index contributed by atoms with van der Waals surface area (Å²) in [5.41, 5.74) is 0. The summed E-state index contributed by atoms with van der Waals surface area (Å²) in [6, 6.07) is 4.68. The molecule has 1 aromatic carbocycles. The molecule has 2 rings (SSSR count). The number of hydrogen-bond donors (Lipinski definition) is 1. The minimum atomic E-state index is -3.59. The summed E-state index contributed by atoms with van der Waals surface area (Å²) in [5.74, 6) is 0.513. The molecule has 1 aliphatic heterocycles. The van der Waals surface area contributed by atoms with Crippen LogP contribution < -0.4 is 14.8 Å². The maximum absolute atomic E-state index is 12.7. The van der Waals surface area contributed by atoms with Crippen LogP contribution in [0.2, 0.25) is 0 Å². The second-order valence-electron chi connectivity index (χ2n) is 6.65. The predicted octanol–water partition coefficient (Wildman–Crippen LogP) is 2.28. The van der Waals surface area contributed by atoms with Gasteiger partial charge in [-0.1, -0.05) is 6.92 Å². The van der Waals surface area contributed by atoms with Crippen molar-refractivity contribution < 1.29 is 22.7 Å². The molecule has 1 heterocycles. The van der Waals surface area contributed by atoms with Crippen molar-refractivity contribution in [2.75, 3.05) is 39.6 Å². The maximum Gasteiger partial charge on any atom is 0.223 e. The Morgan fingerprint density at radius 2 is 1.82 bits per heavy atom. The van der Waals surface area contributed by atoms with Crippen LogP contribution in [0, 0.1) is 0 Å². The van der Waals surface area contributed by atoms with Crippen LogP contribution in [0.5, 0.6) is 11.5 Å². The van der Waals surface area contributed by atoms with E-state index in [1.165, 1.54) is 26.4 Å². The minimum Gasteiger partial charge on any atom is -0.493 e. The molecule has 0 aromatic heterocycles. The van der Waals surface area contributed by atoms with Crippen LogP contribution in [0.1, 0.15) is 32.6 Å². The number of benzene rings is 1. The van der Waals surface area contributed by atoms with Gasteiger partial charge < -0.3 is 19.7 Å². The van der Waals surface area contributed by atoms with Gasteiger partial charge in [0.2, 0.25) is 5.91 Å². The lowest BCUT2D eigenvalue weighted by molar-refractivity contribution is -0.133. The van der Waals surface area contributed by atoms with Crippen molar-refractivity contribution in [1.82, 2.24) is 10.2 Å². The van der Waals surface area contributed by atoms with Gasteiger partial charge >= 0.3 is 0 Å². The fourth-order valence-corrected chi connectivity index (χ4v) is 4.60. The zero-order valence-electron chi connectivity index (χ0n) is 16.8. The number of rotatable bonds is 9. The molecule has 160 valence electrons. The van der Waals surface area contributed by atoms with E-state index in [9.17, 15) is 13.2 Å². The number of nitrogens with one attached hydrogen (secondary N) is 1. The molecule has 0 radical (unpaired) electrons. The molecule has 1 aromatic rings. The lowest BCUT2D eigenvalue weighted by Gasteiger charge is -2.34. The first kappa shape index (κ1) is 24.5. The van der Waals surface area contributed by atoms with Gasteiger partial charge in [-0.25, -0.2) is 8.42 Å². The molecule has 1 N–H and O–H groups in total. The highest BCUT2D eigenvalue weighted by Gasteiger charge is 2.26. The Kier molecular flexibility index (Phi) is 10.1. The van der Waals surface area contributed by atoms with E-state index in [4.69, 9.17) is 9.47 Å². The van der Waals surface area contributed by atoms with Crippen LogP contribution in [0.15, 0.2) is 23.1 Å². The predicted molar refractivity (Wildman–Crippen MR) is 111 cm³/mol. The number of amides is 1. The van der Waals surface area contributed by atoms with E-state index >= 15 is 0 Å². The smallest absolute Gasteiger partial charge is 0.223 e. The summed E-state index contributed by atoms with van der Waals surface area (Å²) in [6.45, 7) is 4.48. The lowest BCUT2D eigenvalue weighted by Crippen LogP contribution is -2.46. The van der Waals surface area contributed by atoms with Crippen molar-refractivity contribution in [3.63, 3.8) is 0 Å². The Hall–Kier alpha value is -1.51. The van der Waals surface area contributed by atoms with Crippen molar-refractivity contribution in [3.8, 4) is 11.5 Å². The molecule has 28 heavy (non-hydrogen) atoms. The molecule has 1 saturated heterocycles. The van der Waals surface area contributed by atoms with Gasteiger partial charge in [0.15, 0.2) is 21.3 Å². The van der Waals surface area contributed by atoms with Gasteiger partial charge in [-0.3, -0.25) is 4.79 Å². The third kappa shape index (κ3) is 6.25. The molecule has 1 fully saturated rings. The first-order valence-corrected chi connectivity index (χ1v) is 11.0. The first-order chi connectivity index (χ1) is 12.9. The largest absolute Gasteiger partial charge is 0.493 e. The van der Waals surface area contributed by atoms with Crippen LogP contribution in [-0.4, -0.2) is 64.9 Å². The number of piperidine rings is 1. The van der Waals surface area contributed by atoms with Crippen molar-refractivity contribution >= 4 is 28.2 Å². The Morgan fingerprint density at radius 3 is 2.39 bits per heavy atom. The second-order valence-corrected chi connectivity index (χ2v) is 8.76. The zero-order valence-corrected chi connectivity index (χ0v) is 18.4. The first-order valence-electron chi connectivity index (χ1n) is 9.38. The molecular formula is C19H31ClN2O5S. The number of carbonyl (C=O) groups is 1. The van der Waals surface area contributed by atoms with E-state index in [0.717, 1.165) is 32.4 Å². The second kappa shape index (κ2) is 11.5. The molecule has 9 heteroatoms. The number of carbonyl (C=O) groups excluding carboxylic acids is 1. The summed E-state index contributed by atoms with van der Waals surface area (Å²) in [4.78, 5) is 14.7. The molecule has 0 atom stereocenters. The third-order valence-corrected chi connectivity index (χ3v) is 6.55. The topological polar surface area (TPSA) is 84.9 Å². The molecular weight excluding hydrogens is 404 g/mol. The summed E-state index contributed by atoms with van der Waals surface area (Å²) in [7, 11) is -0.636. The summed E-state index contributed by atoms with van der Waals surface area (Å²) in [6.07, 6.45) is 2.67. The van der Waals surface area contributed by atoms with E-state index in [2.05, 4.69) is 5.32 Å². The number of sulfone groups is 1. The van der Waals surface area contributed by atoms with Crippen LogP contribution in [0.3, 0.4) is 0 Å². The standard InChI is InChI=1S/C19H30N2O5S.ClH/c1-4-12-21(15-7-10-20-11-8-15)19(22)9-13-27(23,24)16-5-6-17(25-2)18(14-16)26-3;/h5-6,14-15,20H,4,7-13H2,1-3H3;1H. The van der Waals surface area contributed by atoms with Crippen LogP contribution in [-0.2, 0) is 14.6 Å². The number of methoxy groups -OCH3 is 2. The van der Waals surface area contributed by atoms with Crippen LogP contribution >= 0.6 is 12.4 Å². The molecule has 0 aliphatic carbocycles. The zero-order chi connectivity index (χ0) is 19.9. The van der Waals surface area contributed by atoms with E-state index in [-0.39, 0.29) is 41.4 Å². The van der Waals surface area contributed by atoms with E-state index in [0.29, 0.717) is 18.0 Å². The summed E-state index contributed by atoms with van der Waals surface area (Å²) >= 11 is 0. The lowest BCUT2D eigenvalue weighted by atomic mass is 10.0. The highest BCUT2D eigenvalue weighted by Crippen LogP contribution is 2.30. The molecule has 0 saturated carbocycles. The SMILES string of the molecule is CCCN(C(=O)CCS(=O)(=O)c1ccc(OC)c(OC)c1)C1CCNCC1.Cl. The maximum atomic E-state index is 12.7. The van der Waals surface area contributed by atoms with Crippen molar-refractivity contribution in [1.29, 1.82) is 0 Å². The fourth-order valence-electron chi connectivity index (χ4n) is 3.36. The van der Waals surface area contributed by atoms with Gasteiger partial charge in [0.25, 0.3) is 0 Å². The average Bonchev–Trinajstić information content (AvgIpc) is 2.70. The van der Waals surface area contributed by atoms with Gasteiger partial charge in [0, 0.05) is 25.1 Å². The Balaban J connectivity index is 0.00000392. The molecule has 0 bridgehead atoms. The minimum absolute atomic E-state index is 0. The van der Waals surface area contributed by atoms with E-state index in [1.807, 2.05) is 11.8 Å². The molecule has 1 amide bonds. The number of hydrogen-bond acceptors (Lipinski definition) is 6. The van der Waals surface area contributed by atoms with Gasteiger partial charge in [0.1, 0.15) is 0 Å². The highest BCUT2D eigenvalue weighted by molar-refractivity contribution is 7.91. The normalized spacial score (nSPS) is 14.8. The molecule has 7 nitrogen and oxygen atoms in total. The third-order valence-electron chi connectivity index (χ3n) is 4.83. The van der Waals surface area contributed by atoms with Gasteiger partial charge in [-0.15, -0.1) is 12.4 Å². The molecule has 0 unspecified atom stereocenters. The van der Waals surface area contributed by atoms with Gasteiger partial charge in [-0.2, -0.15) is 0 Å². The average molecular weight is 435 g/mol. The van der Waals surface area contributed by atoms with E-state index in [1.54, 1.807) is 6.07 Å². The Morgan fingerprint density at radius 1 is 1.18 bits per heavy atom. The summed E-state index contributed by atoms with van der Waals surface area (Å²) in [5, 5.41) is 3.29. The van der Waals surface area contributed by atoms with Gasteiger partial charge in [-0.05, 0) is 44.5 Å². The van der Waals surface area contributed by atoms with Gasteiger partial charge in [0.05, 0.1) is 24.9 Å². The Labute approximate surface area is 174 Å². The van der Waals surface area contributed by atoms with Crippen molar-refractivity contribution in [3.05, 3.63) is 18.2 Å². The number of nitrogens with zero attached hydrogens (tertiary/aromatic N) is 1. The fraction of sp³-hybridized carbons (Fsp3) is 0.632. The monoisotopic (exact) mass is 434 g/mol. The molecule has 0 spiro atoms.